The van der Waals surface area contributed by atoms with Crippen molar-refractivity contribution in [3.05, 3.63) is 44.6 Å². The number of hydrogen-bond donors (Lipinski definition) is 1. The number of aromatic nitrogens is 3. The van der Waals surface area contributed by atoms with Crippen LogP contribution >= 0.6 is 15.9 Å². The van der Waals surface area contributed by atoms with Gasteiger partial charge in [-0.3, -0.25) is 10.1 Å². The van der Waals surface area contributed by atoms with E-state index < -0.39 is 4.92 Å². The Kier molecular flexibility index (Phi) is 4.33. The topological polar surface area (TPSA) is 85.9 Å². The molecule has 0 spiro atoms. The third-order valence-corrected chi connectivity index (χ3v) is 3.97. The lowest BCUT2D eigenvalue weighted by atomic mass is 10.2. The quantitative estimate of drug-likeness (QED) is 0.667. The molecular formula is C12H14BrN5O2. The molecule has 0 saturated carbocycles. The number of hydrogen-bond acceptors (Lipinski definition) is 5. The van der Waals surface area contributed by atoms with Gasteiger partial charge in [0.2, 0.25) is 0 Å². The molecule has 20 heavy (non-hydrogen) atoms. The van der Waals surface area contributed by atoms with Crippen LogP contribution in [0.3, 0.4) is 0 Å². The Morgan fingerprint density at radius 3 is 2.85 bits per heavy atom. The van der Waals surface area contributed by atoms with E-state index in [1.807, 2.05) is 17.8 Å². The van der Waals surface area contributed by atoms with Crippen molar-refractivity contribution in [1.29, 1.82) is 0 Å². The highest BCUT2D eigenvalue weighted by molar-refractivity contribution is 9.10. The zero-order valence-electron chi connectivity index (χ0n) is 11.1. The highest BCUT2D eigenvalue weighted by Crippen LogP contribution is 2.30. The monoisotopic (exact) mass is 339 g/mol. The molecule has 8 heteroatoms. The molecule has 0 amide bonds. The second-order valence-corrected chi connectivity index (χ2v) is 5.11. The van der Waals surface area contributed by atoms with Crippen LogP contribution in [0.15, 0.2) is 23.1 Å². The molecule has 0 aliphatic rings. The van der Waals surface area contributed by atoms with E-state index in [0.717, 1.165) is 12.2 Å². The van der Waals surface area contributed by atoms with Crippen molar-refractivity contribution in [1.82, 2.24) is 14.5 Å². The zero-order valence-corrected chi connectivity index (χ0v) is 12.7. The van der Waals surface area contributed by atoms with Crippen LogP contribution in [0.2, 0.25) is 0 Å². The summed E-state index contributed by atoms with van der Waals surface area (Å²) in [5, 5.41) is 14.0. The number of nitrogens with one attached hydrogen (secondary N) is 1. The molecule has 106 valence electrons. The summed E-state index contributed by atoms with van der Waals surface area (Å²) in [6.45, 7) is 2.33. The van der Waals surface area contributed by atoms with Crippen LogP contribution < -0.4 is 5.32 Å². The van der Waals surface area contributed by atoms with E-state index in [-0.39, 0.29) is 5.69 Å². The average Bonchev–Trinajstić information content (AvgIpc) is 2.80. The molecule has 0 atom stereocenters. The van der Waals surface area contributed by atoms with E-state index in [9.17, 15) is 10.1 Å². The van der Waals surface area contributed by atoms with E-state index in [1.165, 1.54) is 6.20 Å². The Balaban J connectivity index is 2.05. The van der Waals surface area contributed by atoms with Gasteiger partial charge in [-0.1, -0.05) is 0 Å². The van der Waals surface area contributed by atoms with Gasteiger partial charge in [0.1, 0.15) is 17.8 Å². The molecule has 0 fully saturated rings. The van der Waals surface area contributed by atoms with Crippen molar-refractivity contribution >= 4 is 27.4 Å². The first-order valence-electron chi connectivity index (χ1n) is 6.00. The predicted octanol–water partition coefficient (Wildman–Crippen LogP) is 2.45. The summed E-state index contributed by atoms with van der Waals surface area (Å²) < 4.78 is 2.57. The van der Waals surface area contributed by atoms with E-state index in [2.05, 4.69) is 31.2 Å². The largest absolute Gasteiger partial charge is 0.369 e. The van der Waals surface area contributed by atoms with Crippen LogP contribution in [0.4, 0.5) is 11.5 Å². The summed E-state index contributed by atoms with van der Waals surface area (Å²) >= 11 is 3.34. The first kappa shape index (κ1) is 14.4. The molecule has 2 heterocycles. The maximum atomic E-state index is 10.8. The first-order chi connectivity index (χ1) is 9.50. The summed E-state index contributed by atoms with van der Waals surface area (Å²) in [4.78, 5) is 18.7. The molecule has 0 saturated heterocycles. The highest BCUT2D eigenvalue weighted by Gasteiger charge is 2.16. The van der Waals surface area contributed by atoms with Crippen LogP contribution in [0.1, 0.15) is 11.4 Å². The Hall–Kier alpha value is -1.96. The van der Waals surface area contributed by atoms with Crippen LogP contribution in [0.25, 0.3) is 0 Å². The van der Waals surface area contributed by atoms with E-state index in [4.69, 9.17) is 0 Å². The molecule has 7 nitrogen and oxygen atoms in total. The normalized spacial score (nSPS) is 10.6. The number of imidazole rings is 1. The van der Waals surface area contributed by atoms with E-state index in [1.54, 1.807) is 13.1 Å². The third kappa shape index (κ3) is 2.96. The van der Waals surface area contributed by atoms with Crippen molar-refractivity contribution < 1.29 is 4.92 Å². The number of aryl methyl sites for hydroxylation is 1. The van der Waals surface area contributed by atoms with Crippen molar-refractivity contribution in [2.45, 2.75) is 13.3 Å². The van der Waals surface area contributed by atoms with Crippen molar-refractivity contribution in [3.63, 3.8) is 0 Å². The molecule has 0 aliphatic carbocycles. The molecule has 2 rings (SSSR count). The molecule has 0 aromatic carbocycles. The molecule has 0 unspecified atom stereocenters. The molecule has 1 N–H and O–H groups in total. The number of pyridine rings is 1. The molecule has 0 radical (unpaired) electrons. The van der Waals surface area contributed by atoms with Crippen molar-refractivity contribution in [3.8, 4) is 0 Å². The maximum absolute atomic E-state index is 10.8. The molecule has 2 aromatic rings. The van der Waals surface area contributed by atoms with Gasteiger partial charge in [-0.05, 0) is 22.9 Å². The fraction of sp³-hybridized carbons (Fsp3) is 0.333. The van der Waals surface area contributed by atoms with Gasteiger partial charge >= 0.3 is 0 Å². The van der Waals surface area contributed by atoms with Crippen LogP contribution in [0.5, 0.6) is 0 Å². The van der Waals surface area contributed by atoms with Gasteiger partial charge in [-0.25, -0.2) is 9.97 Å². The predicted molar refractivity (Wildman–Crippen MR) is 78.7 cm³/mol. The van der Waals surface area contributed by atoms with Crippen molar-refractivity contribution in [2.24, 2.45) is 7.05 Å². The van der Waals surface area contributed by atoms with Crippen LogP contribution in [-0.2, 0) is 13.5 Å². The molecule has 2 aromatic heterocycles. The standard InChI is InChI=1S/C12H14BrN5O2/c1-8-9(18(19)20)7-16-12(11(8)13)15-4-3-10-14-5-6-17(10)2/h5-7H,3-4H2,1-2H3,(H,15,16). The fourth-order valence-electron chi connectivity index (χ4n) is 1.81. The first-order valence-corrected chi connectivity index (χ1v) is 6.79. The van der Waals surface area contributed by atoms with Gasteiger partial charge in [-0.15, -0.1) is 0 Å². The molecular weight excluding hydrogens is 326 g/mol. The molecule has 0 aliphatic heterocycles. The van der Waals surface area contributed by atoms with E-state index in [0.29, 0.717) is 22.4 Å². The number of nitro groups is 1. The average molecular weight is 340 g/mol. The summed E-state index contributed by atoms with van der Waals surface area (Å²) in [5.74, 6) is 1.56. The summed E-state index contributed by atoms with van der Waals surface area (Å²) in [6, 6.07) is 0. The molecule has 0 bridgehead atoms. The van der Waals surface area contributed by atoms with Crippen LogP contribution in [-0.4, -0.2) is 26.0 Å². The Morgan fingerprint density at radius 2 is 2.25 bits per heavy atom. The van der Waals surface area contributed by atoms with Crippen LogP contribution in [0, 0.1) is 17.0 Å². The van der Waals surface area contributed by atoms with E-state index >= 15 is 0 Å². The minimum Gasteiger partial charge on any atom is -0.369 e. The van der Waals surface area contributed by atoms with Gasteiger partial charge in [-0.2, -0.15) is 0 Å². The van der Waals surface area contributed by atoms with Crippen molar-refractivity contribution in [2.75, 3.05) is 11.9 Å². The Labute approximate surface area is 124 Å². The lowest BCUT2D eigenvalue weighted by molar-refractivity contribution is -0.385. The van der Waals surface area contributed by atoms with Gasteiger partial charge in [0.25, 0.3) is 5.69 Å². The fourth-order valence-corrected chi connectivity index (χ4v) is 2.25. The van der Waals surface area contributed by atoms with Gasteiger partial charge in [0.15, 0.2) is 0 Å². The maximum Gasteiger partial charge on any atom is 0.291 e. The van der Waals surface area contributed by atoms with Gasteiger partial charge in [0.05, 0.1) is 9.40 Å². The minimum atomic E-state index is -0.440. The second-order valence-electron chi connectivity index (χ2n) is 4.32. The SMILES string of the molecule is Cc1c([N+](=O)[O-])cnc(NCCc2nccn2C)c1Br. The lowest BCUT2D eigenvalue weighted by Gasteiger charge is -2.09. The Morgan fingerprint density at radius 1 is 1.50 bits per heavy atom. The van der Waals surface area contributed by atoms with Gasteiger partial charge < -0.3 is 9.88 Å². The zero-order chi connectivity index (χ0) is 14.7. The Bertz CT molecular complexity index is 641. The highest BCUT2D eigenvalue weighted by atomic mass is 79.9. The smallest absolute Gasteiger partial charge is 0.291 e. The minimum absolute atomic E-state index is 0.00604. The number of anilines is 1. The summed E-state index contributed by atoms with van der Waals surface area (Å²) in [7, 11) is 1.94. The summed E-state index contributed by atoms with van der Waals surface area (Å²) in [5.41, 5.74) is 0.566. The number of nitrogens with zero attached hydrogens (tertiary/aromatic N) is 4. The number of halogens is 1. The summed E-state index contributed by atoms with van der Waals surface area (Å²) in [6.07, 6.45) is 5.65. The third-order valence-electron chi connectivity index (χ3n) is 3.00. The van der Waals surface area contributed by atoms with Gasteiger partial charge in [0, 0.05) is 38.0 Å². The second kappa shape index (κ2) is 6.00. The number of rotatable bonds is 5. The lowest BCUT2D eigenvalue weighted by Crippen LogP contribution is -2.10.